The fraction of sp³-hybridized carbons (Fsp3) is 0.692. The Hall–Kier alpha value is -0.980. The smallest absolute Gasteiger partial charge is 0.225 e. The fourth-order valence-electron chi connectivity index (χ4n) is 1.58. The Bertz CT molecular complexity index is 406. The lowest BCUT2D eigenvalue weighted by Gasteiger charge is -2.15. The highest BCUT2D eigenvalue weighted by atomic mass is 32.1. The molecule has 0 fully saturated rings. The Labute approximate surface area is 118 Å². The van der Waals surface area contributed by atoms with Crippen molar-refractivity contribution in [3.63, 3.8) is 0 Å². The van der Waals surface area contributed by atoms with Crippen molar-refractivity contribution in [2.75, 3.05) is 18.0 Å². The van der Waals surface area contributed by atoms with Gasteiger partial charge in [-0.05, 0) is 12.8 Å². The van der Waals surface area contributed by atoms with Gasteiger partial charge in [0.1, 0.15) is 0 Å². The second kappa shape index (κ2) is 7.57. The van der Waals surface area contributed by atoms with Gasteiger partial charge in [-0.1, -0.05) is 13.8 Å². The summed E-state index contributed by atoms with van der Waals surface area (Å²) < 4.78 is 0. The van der Waals surface area contributed by atoms with Crippen molar-refractivity contribution < 1.29 is 9.90 Å². The zero-order valence-electron chi connectivity index (χ0n) is 12.0. The van der Waals surface area contributed by atoms with Crippen LogP contribution in [0.1, 0.15) is 33.4 Å². The van der Waals surface area contributed by atoms with E-state index >= 15 is 0 Å². The van der Waals surface area contributed by atoms with Gasteiger partial charge in [-0.2, -0.15) is 0 Å². The van der Waals surface area contributed by atoms with E-state index in [-0.39, 0.29) is 17.9 Å². The van der Waals surface area contributed by atoms with Crippen LogP contribution in [-0.4, -0.2) is 35.2 Å². The average Bonchev–Trinajstić information content (AvgIpc) is 2.77. The highest BCUT2D eigenvalue weighted by molar-refractivity contribution is 7.14. The van der Waals surface area contributed by atoms with Crippen LogP contribution in [-0.2, 0) is 11.3 Å². The molecule has 1 aromatic heterocycles. The van der Waals surface area contributed by atoms with E-state index in [2.05, 4.69) is 10.3 Å². The number of aliphatic hydroxyl groups is 1. The molecule has 0 aliphatic carbocycles. The van der Waals surface area contributed by atoms with E-state index in [9.17, 15) is 9.90 Å². The molecule has 108 valence electrons. The van der Waals surface area contributed by atoms with Gasteiger partial charge in [0.25, 0.3) is 0 Å². The number of amides is 1. The number of thiazole rings is 1. The maximum absolute atomic E-state index is 11.4. The minimum Gasteiger partial charge on any atom is -0.392 e. The van der Waals surface area contributed by atoms with Crippen LogP contribution >= 0.6 is 11.3 Å². The van der Waals surface area contributed by atoms with Gasteiger partial charge in [0, 0.05) is 31.9 Å². The van der Waals surface area contributed by atoms with Gasteiger partial charge in [-0.25, -0.2) is 4.98 Å². The lowest BCUT2D eigenvalue weighted by atomic mass is 10.1. The summed E-state index contributed by atoms with van der Waals surface area (Å²) in [6, 6.07) is 0. The predicted octanol–water partition coefficient (Wildman–Crippen LogP) is 1.62. The maximum atomic E-state index is 11.4. The molecule has 19 heavy (non-hydrogen) atoms. The van der Waals surface area contributed by atoms with Crippen LogP contribution in [0.4, 0.5) is 5.13 Å². The first kappa shape index (κ1) is 16.1. The summed E-state index contributed by atoms with van der Waals surface area (Å²) in [6.07, 6.45) is -0.345. The number of carbonyl (C=O) groups excluding carboxylic acids is 1. The molecule has 6 heteroatoms. The Morgan fingerprint density at radius 1 is 1.58 bits per heavy atom. The van der Waals surface area contributed by atoms with E-state index < -0.39 is 0 Å². The summed E-state index contributed by atoms with van der Waals surface area (Å²) in [6.45, 7) is 9.23. The number of carbonyl (C=O) groups is 1. The first-order chi connectivity index (χ1) is 8.95. The van der Waals surface area contributed by atoms with E-state index in [0.29, 0.717) is 19.6 Å². The number of aromatic nitrogens is 1. The number of aliphatic hydroxyl groups excluding tert-OH is 1. The number of anilines is 1. The first-order valence-electron chi connectivity index (χ1n) is 6.57. The molecule has 1 aromatic rings. The molecular weight excluding hydrogens is 262 g/mol. The molecule has 0 aliphatic heterocycles. The van der Waals surface area contributed by atoms with Crippen molar-refractivity contribution in [3.05, 3.63) is 11.1 Å². The monoisotopic (exact) mass is 285 g/mol. The summed E-state index contributed by atoms with van der Waals surface area (Å²) >= 11 is 1.47. The largest absolute Gasteiger partial charge is 0.392 e. The molecule has 0 radical (unpaired) electrons. The SMILES string of the molecule is CCN(C(C)=O)c1nc(CNCC(O)C(C)C)cs1. The van der Waals surface area contributed by atoms with Crippen LogP contribution in [0.15, 0.2) is 5.38 Å². The lowest BCUT2D eigenvalue weighted by molar-refractivity contribution is -0.116. The van der Waals surface area contributed by atoms with Crippen LogP contribution in [0.5, 0.6) is 0 Å². The molecule has 1 heterocycles. The van der Waals surface area contributed by atoms with Gasteiger partial charge < -0.3 is 10.4 Å². The molecule has 5 nitrogen and oxygen atoms in total. The van der Waals surface area contributed by atoms with Gasteiger partial charge in [-0.15, -0.1) is 11.3 Å². The molecule has 0 saturated carbocycles. The van der Waals surface area contributed by atoms with Crippen molar-refractivity contribution >= 4 is 22.4 Å². The van der Waals surface area contributed by atoms with Crippen LogP contribution in [0, 0.1) is 5.92 Å². The lowest BCUT2D eigenvalue weighted by Crippen LogP contribution is -2.30. The molecule has 2 N–H and O–H groups in total. The van der Waals surface area contributed by atoms with Crippen molar-refractivity contribution in [3.8, 4) is 0 Å². The fourth-order valence-corrected chi connectivity index (χ4v) is 2.51. The van der Waals surface area contributed by atoms with Crippen molar-refractivity contribution in [2.24, 2.45) is 5.92 Å². The molecule has 1 amide bonds. The third kappa shape index (κ3) is 4.89. The molecule has 1 atom stereocenters. The third-order valence-electron chi connectivity index (χ3n) is 2.90. The number of hydrogen-bond acceptors (Lipinski definition) is 5. The second-order valence-electron chi connectivity index (χ2n) is 4.83. The molecular formula is C13H23N3O2S. The van der Waals surface area contributed by atoms with Crippen LogP contribution in [0.25, 0.3) is 0 Å². The van der Waals surface area contributed by atoms with Gasteiger partial charge in [-0.3, -0.25) is 9.69 Å². The van der Waals surface area contributed by atoms with Crippen LogP contribution in [0.3, 0.4) is 0 Å². The summed E-state index contributed by atoms with van der Waals surface area (Å²) in [5.41, 5.74) is 0.899. The molecule has 0 aromatic carbocycles. The quantitative estimate of drug-likeness (QED) is 0.799. The number of rotatable bonds is 7. The van der Waals surface area contributed by atoms with Gasteiger partial charge in [0.2, 0.25) is 5.91 Å². The summed E-state index contributed by atoms with van der Waals surface area (Å²) in [5, 5.41) is 15.5. The van der Waals surface area contributed by atoms with Gasteiger partial charge >= 0.3 is 0 Å². The topological polar surface area (TPSA) is 65.5 Å². The van der Waals surface area contributed by atoms with E-state index in [1.807, 2.05) is 26.2 Å². The Balaban J connectivity index is 2.49. The standard InChI is InChI=1S/C13H23N3O2S/c1-5-16(10(4)17)13-15-11(8-19-13)6-14-7-12(18)9(2)3/h8-9,12,14,18H,5-7H2,1-4H3. The third-order valence-corrected chi connectivity index (χ3v) is 3.81. The van der Waals surface area contributed by atoms with Crippen LogP contribution in [0.2, 0.25) is 0 Å². The average molecular weight is 285 g/mol. The van der Waals surface area contributed by atoms with E-state index in [1.165, 1.54) is 11.3 Å². The Morgan fingerprint density at radius 3 is 2.79 bits per heavy atom. The minimum atomic E-state index is -0.345. The Morgan fingerprint density at radius 2 is 2.26 bits per heavy atom. The van der Waals surface area contributed by atoms with Gasteiger partial charge in [0.05, 0.1) is 11.8 Å². The van der Waals surface area contributed by atoms with E-state index in [0.717, 1.165) is 10.8 Å². The first-order valence-corrected chi connectivity index (χ1v) is 7.45. The highest BCUT2D eigenvalue weighted by Gasteiger charge is 2.13. The maximum Gasteiger partial charge on any atom is 0.225 e. The zero-order chi connectivity index (χ0) is 14.4. The number of hydrogen-bond donors (Lipinski definition) is 2. The Kier molecular flexibility index (Phi) is 6.41. The van der Waals surface area contributed by atoms with E-state index in [1.54, 1.807) is 11.8 Å². The summed E-state index contributed by atoms with van der Waals surface area (Å²) in [7, 11) is 0. The normalized spacial score (nSPS) is 12.7. The number of nitrogens with zero attached hydrogens (tertiary/aromatic N) is 2. The highest BCUT2D eigenvalue weighted by Crippen LogP contribution is 2.20. The minimum absolute atomic E-state index is 0.00610. The molecule has 0 bridgehead atoms. The van der Waals surface area contributed by atoms with Crippen molar-refractivity contribution in [1.29, 1.82) is 0 Å². The van der Waals surface area contributed by atoms with E-state index in [4.69, 9.17) is 0 Å². The summed E-state index contributed by atoms with van der Waals surface area (Å²) in [5.74, 6) is 0.248. The molecule has 0 saturated heterocycles. The second-order valence-corrected chi connectivity index (χ2v) is 5.66. The molecule has 1 rings (SSSR count). The van der Waals surface area contributed by atoms with Crippen molar-refractivity contribution in [2.45, 2.75) is 40.3 Å². The predicted molar refractivity (Wildman–Crippen MR) is 78.4 cm³/mol. The molecule has 0 spiro atoms. The molecule has 1 unspecified atom stereocenters. The summed E-state index contributed by atoms with van der Waals surface area (Å²) in [4.78, 5) is 17.5. The van der Waals surface area contributed by atoms with Gasteiger partial charge in [0.15, 0.2) is 5.13 Å². The number of nitrogens with one attached hydrogen (secondary N) is 1. The van der Waals surface area contributed by atoms with Crippen LogP contribution < -0.4 is 10.2 Å². The molecule has 0 aliphatic rings. The zero-order valence-corrected chi connectivity index (χ0v) is 12.8. The van der Waals surface area contributed by atoms with Crippen molar-refractivity contribution in [1.82, 2.24) is 10.3 Å².